The Kier molecular flexibility index (Phi) is 7.50. The average Bonchev–Trinajstić information content (AvgIpc) is 2.93. The van der Waals surface area contributed by atoms with Gasteiger partial charge in [0.25, 0.3) is 0 Å². The van der Waals surface area contributed by atoms with Crippen molar-refractivity contribution >= 4 is 11.6 Å². The summed E-state index contributed by atoms with van der Waals surface area (Å²) in [5, 5.41) is 10.0. The highest BCUT2D eigenvalue weighted by atomic mass is 16.5. The van der Waals surface area contributed by atoms with Crippen LogP contribution in [0, 0.1) is 66.5 Å². The van der Waals surface area contributed by atoms with E-state index in [0.29, 0.717) is 11.2 Å². The molecular formula is C41H59NO3. The van der Waals surface area contributed by atoms with Crippen molar-refractivity contribution in [2.24, 2.45) is 55.2 Å². The second-order valence-electron chi connectivity index (χ2n) is 18.8. The fourth-order valence-corrected chi connectivity index (χ4v) is 12.7. The first-order valence-corrected chi connectivity index (χ1v) is 18.1. The Hall–Kier alpha value is -1.99. The minimum absolute atomic E-state index is 0.0336. The minimum atomic E-state index is -0.632. The van der Waals surface area contributed by atoms with Crippen molar-refractivity contribution in [3.8, 4) is 6.07 Å². The fourth-order valence-electron chi connectivity index (χ4n) is 12.7. The number of carbonyl (C=O) groups is 2. The van der Waals surface area contributed by atoms with Crippen LogP contribution in [0.5, 0.6) is 0 Å². The Bertz CT molecular complexity index is 1410. The Balaban J connectivity index is 1.39. The van der Waals surface area contributed by atoms with Crippen LogP contribution in [-0.4, -0.2) is 24.8 Å². The van der Waals surface area contributed by atoms with Gasteiger partial charge in [-0.15, -0.1) is 0 Å². The maximum atomic E-state index is 14.9. The Morgan fingerprint density at radius 1 is 0.933 bits per heavy atom. The average molecular weight is 614 g/mol. The number of ketones is 2. The number of carbonyl (C=O) groups excluding carboxylic acids is 2. The van der Waals surface area contributed by atoms with E-state index >= 15 is 0 Å². The van der Waals surface area contributed by atoms with Gasteiger partial charge in [0.15, 0.2) is 11.6 Å². The van der Waals surface area contributed by atoms with Gasteiger partial charge in [-0.3, -0.25) is 9.59 Å². The number of allylic oxidation sites excluding steroid dienone is 6. The summed E-state index contributed by atoms with van der Waals surface area (Å²) in [5.74, 6) is 0.309. The van der Waals surface area contributed by atoms with Crippen molar-refractivity contribution in [3.63, 3.8) is 0 Å². The van der Waals surface area contributed by atoms with E-state index in [1.54, 1.807) is 0 Å². The molecule has 3 saturated carbocycles. The van der Waals surface area contributed by atoms with Crippen molar-refractivity contribution in [1.29, 1.82) is 5.26 Å². The molecule has 0 amide bonds. The molecule has 1 heterocycles. The number of hydrogen-bond acceptors (Lipinski definition) is 4. The molecule has 0 aromatic heterocycles. The van der Waals surface area contributed by atoms with E-state index < -0.39 is 10.8 Å². The molecule has 1 unspecified atom stereocenters. The van der Waals surface area contributed by atoms with Gasteiger partial charge in [-0.25, -0.2) is 0 Å². The number of hydrogen-bond donors (Lipinski definition) is 0. The molecule has 0 aromatic rings. The Labute approximate surface area is 273 Å². The van der Waals surface area contributed by atoms with E-state index in [1.807, 2.05) is 19.9 Å². The van der Waals surface area contributed by atoms with Crippen LogP contribution in [0.2, 0.25) is 0 Å². The lowest BCUT2D eigenvalue weighted by Crippen LogP contribution is -2.68. The van der Waals surface area contributed by atoms with E-state index in [-0.39, 0.29) is 50.3 Å². The number of nitrogens with zero attached hydrogens (tertiary/aromatic N) is 1. The van der Waals surface area contributed by atoms with Crippen LogP contribution in [0.25, 0.3) is 0 Å². The van der Waals surface area contributed by atoms with Crippen LogP contribution in [0.3, 0.4) is 0 Å². The molecule has 1 saturated heterocycles. The van der Waals surface area contributed by atoms with Crippen LogP contribution in [0.1, 0.15) is 133 Å². The van der Waals surface area contributed by atoms with Crippen LogP contribution in [0.4, 0.5) is 0 Å². The molecule has 0 bridgehead atoms. The summed E-state index contributed by atoms with van der Waals surface area (Å²) in [6.07, 6.45) is 21.1. The van der Waals surface area contributed by atoms with Gasteiger partial charge in [0.05, 0.1) is 18.8 Å². The third kappa shape index (κ3) is 4.37. The highest BCUT2D eigenvalue weighted by Gasteiger charge is 2.72. The molecule has 45 heavy (non-hydrogen) atoms. The molecule has 4 heteroatoms. The van der Waals surface area contributed by atoms with Gasteiger partial charge in [0.1, 0.15) is 6.07 Å². The molecule has 246 valence electrons. The first-order chi connectivity index (χ1) is 20.9. The third-order valence-corrected chi connectivity index (χ3v) is 15.7. The van der Waals surface area contributed by atoms with E-state index in [9.17, 15) is 14.9 Å². The second-order valence-corrected chi connectivity index (χ2v) is 18.8. The predicted octanol–water partition coefficient (Wildman–Crippen LogP) is 9.75. The number of ether oxygens (including phenoxy) is 1. The summed E-state index contributed by atoms with van der Waals surface area (Å²) >= 11 is 0. The molecule has 4 fully saturated rings. The van der Waals surface area contributed by atoms with Crippen molar-refractivity contribution in [2.75, 3.05) is 13.2 Å². The summed E-state index contributed by atoms with van der Waals surface area (Å²) in [4.78, 5) is 28.3. The molecule has 0 spiro atoms. The normalized spacial score (nSPS) is 44.4. The lowest BCUT2D eigenvalue weighted by molar-refractivity contribution is -0.205. The van der Waals surface area contributed by atoms with Crippen molar-refractivity contribution in [3.05, 3.63) is 35.5 Å². The SMILES string of the molecule is CCC1(CC/C=C/C[C@]23CCC(C)(C)C[C@@]2(C)[C@H]2C(=O)C=C4[C@@]5(C)C=C(C#N)C(=O)C(C)(C)C5CC[C@@]4(C)[C@]2(C)CC3)COC1. The molecule has 6 rings (SSSR count). The highest BCUT2D eigenvalue weighted by Crippen LogP contribution is 2.78. The zero-order valence-corrected chi connectivity index (χ0v) is 29.8. The largest absolute Gasteiger partial charge is 0.380 e. The van der Waals surface area contributed by atoms with Gasteiger partial charge in [0, 0.05) is 22.2 Å². The van der Waals surface area contributed by atoms with Crippen LogP contribution < -0.4 is 0 Å². The molecule has 4 nitrogen and oxygen atoms in total. The maximum Gasteiger partial charge on any atom is 0.178 e. The summed E-state index contributed by atoms with van der Waals surface area (Å²) in [6.45, 7) is 22.6. The van der Waals surface area contributed by atoms with Crippen LogP contribution in [0.15, 0.2) is 35.5 Å². The standard InChI is InChI=1S/C41H59NO3/c1-10-40(26-45-27-40)15-12-11-13-16-41-20-18-34(2,3)25-39(41,9)32-29(43)22-31-36(6)23-28(24-42)33(44)35(4,5)30(36)14-17-37(31,7)38(32,8)19-21-41/h11,13,22-23,30,32H,10,12,14-21,25-27H2,1-9H3/b13-11+/t30?,32-,36-,37+,38+,39-,41+/m0/s1. The molecule has 6 aliphatic rings. The summed E-state index contributed by atoms with van der Waals surface area (Å²) in [6, 6.07) is 2.24. The molecule has 5 aliphatic carbocycles. The van der Waals surface area contributed by atoms with Gasteiger partial charge < -0.3 is 4.74 Å². The molecule has 0 radical (unpaired) electrons. The first-order valence-electron chi connectivity index (χ1n) is 18.1. The zero-order valence-electron chi connectivity index (χ0n) is 29.8. The van der Waals surface area contributed by atoms with Gasteiger partial charge in [-0.2, -0.15) is 5.26 Å². The smallest absolute Gasteiger partial charge is 0.178 e. The van der Waals surface area contributed by atoms with Gasteiger partial charge >= 0.3 is 0 Å². The minimum Gasteiger partial charge on any atom is -0.380 e. The predicted molar refractivity (Wildman–Crippen MR) is 180 cm³/mol. The topological polar surface area (TPSA) is 67.2 Å². The number of rotatable bonds is 6. The fraction of sp³-hybridized carbons (Fsp3) is 0.780. The lowest BCUT2D eigenvalue weighted by atomic mass is 9.31. The molecule has 0 aromatic carbocycles. The van der Waals surface area contributed by atoms with E-state index in [1.165, 1.54) is 31.3 Å². The maximum absolute atomic E-state index is 14.9. The molecule has 7 atom stereocenters. The zero-order chi connectivity index (χ0) is 32.9. The van der Waals surface area contributed by atoms with E-state index in [0.717, 1.165) is 58.2 Å². The van der Waals surface area contributed by atoms with Crippen LogP contribution in [-0.2, 0) is 14.3 Å². The molecular weight excluding hydrogens is 554 g/mol. The van der Waals surface area contributed by atoms with E-state index in [2.05, 4.69) is 72.8 Å². The van der Waals surface area contributed by atoms with Crippen molar-refractivity contribution in [2.45, 2.75) is 133 Å². The first kappa shape index (κ1) is 32.9. The number of Topliss-reactive ketones (excluding diaryl/α,β-unsaturated/α-hetero) is 1. The molecule has 1 aliphatic heterocycles. The lowest BCUT2D eigenvalue weighted by Gasteiger charge is -2.72. The van der Waals surface area contributed by atoms with E-state index in [4.69, 9.17) is 4.74 Å². The summed E-state index contributed by atoms with van der Waals surface area (Å²) in [5.41, 5.74) is 0.602. The van der Waals surface area contributed by atoms with Crippen LogP contribution >= 0.6 is 0 Å². The Morgan fingerprint density at radius 2 is 1.62 bits per heavy atom. The van der Waals surface area contributed by atoms with Gasteiger partial charge in [-0.1, -0.05) is 86.1 Å². The van der Waals surface area contributed by atoms with Gasteiger partial charge in [-0.05, 0) is 110 Å². The summed E-state index contributed by atoms with van der Waals surface area (Å²) in [7, 11) is 0. The van der Waals surface area contributed by atoms with Gasteiger partial charge in [0.2, 0.25) is 0 Å². The summed E-state index contributed by atoms with van der Waals surface area (Å²) < 4.78 is 5.57. The number of fused-ring (bicyclic) bond motifs is 7. The highest BCUT2D eigenvalue weighted by molar-refractivity contribution is 6.04. The second kappa shape index (κ2) is 10.3. The molecule has 0 N–H and O–H groups in total. The monoisotopic (exact) mass is 613 g/mol. The quantitative estimate of drug-likeness (QED) is 0.280. The third-order valence-electron chi connectivity index (χ3n) is 15.7. The number of nitriles is 1. The van der Waals surface area contributed by atoms with Crippen molar-refractivity contribution < 1.29 is 14.3 Å². The van der Waals surface area contributed by atoms with Crippen molar-refractivity contribution in [1.82, 2.24) is 0 Å². The Morgan fingerprint density at radius 3 is 2.24 bits per heavy atom.